The number of hydrogen-bond acceptors (Lipinski definition) is 4. The smallest absolute Gasteiger partial charge is 0.216 e. The fourth-order valence-electron chi connectivity index (χ4n) is 1.74. The molecule has 1 aliphatic rings. The highest BCUT2D eigenvalue weighted by atomic mass is 32.2. The maximum Gasteiger partial charge on any atom is 0.216 e. The summed E-state index contributed by atoms with van der Waals surface area (Å²) in [4.78, 5) is 1.17. The highest BCUT2D eigenvalue weighted by molar-refractivity contribution is 7.93. The van der Waals surface area contributed by atoms with Gasteiger partial charge in [0, 0.05) is 6.07 Å². The van der Waals surface area contributed by atoms with Crippen LogP contribution in [0.25, 0.3) is 6.08 Å². The van der Waals surface area contributed by atoms with Crippen molar-refractivity contribution in [2.45, 2.75) is 9.10 Å². The molecule has 0 aliphatic carbocycles. The van der Waals surface area contributed by atoms with Crippen molar-refractivity contribution in [3.05, 3.63) is 47.4 Å². The zero-order valence-electron chi connectivity index (χ0n) is 9.37. The van der Waals surface area contributed by atoms with E-state index in [0.717, 1.165) is 4.88 Å². The number of thiophene rings is 1. The topological polar surface area (TPSA) is 43.4 Å². The van der Waals surface area contributed by atoms with E-state index in [0.29, 0.717) is 21.5 Å². The molecule has 1 aliphatic heterocycles. The van der Waals surface area contributed by atoms with Crippen molar-refractivity contribution >= 4 is 27.3 Å². The Morgan fingerprint density at radius 2 is 1.94 bits per heavy atom. The molecule has 1 aromatic heterocycles. The second-order valence-corrected chi connectivity index (χ2v) is 7.08. The number of fused-ring (bicyclic) bond motifs is 1. The molecule has 0 unspecified atom stereocenters. The van der Waals surface area contributed by atoms with E-state index in [1.165, 1.54) is 11.3 Å². The number of sulfone groups is 1. The van der Waals surface area contributed by atoms with Gasteiger partial charge in [0.25, 0.3) is 0 Å². The van der Waals surface area contributed by atoms with Crippen LogP contribution < -0.4 is 4.74 Å². The van der Waals surface area contributed by atoms with Crippen LogP contribution in [-0.4, -0.2) is 15.0 Å². The summed E-state index contributed by atoms with van der Waals surface area (Å²) in [6.07, 6.45) is 3.77. The van der Waals surface area contributed by atoms with E-state index in [4.69, 9.17) is 4.74 Å². The van der Waals surface area contributed by atoms with Crippen LogP contribution in [0.5, 0.6) is 5.75 Å². The highest BCUT2D eigenvalue weighted by Crippen LogP contribution is 2.37. The minimum Gasteiger partial charge on any atom is -0.488 e. The van der Waals surface area contributed by atoms with Crippen molar-refractivity contribution in [1.29, 1.82) is 0 Å². The average molecular weight is 278 g/mol. The first kappa shape index (κ1) is 11.5. The van der Waals surface area contributed by atoms with Crippen LogP contribution in [0.15, 0.2) is 51.6 Å². The molecule has 0 spiro atoms. The molecule has 1 aromatic carbocycles. The SMILES string of the molecule is O=S(=O)(c1ccccc1)c1cc2c(s1)C=CCO2. The Balaban J connectivity index is 2.10. The maximum atomic E-state index is 12.4. The van der Waals surface area contributed by atoms with Crippen LogP contribution in [-0.2, 0) is 9.84 Å². The van der Waals surface area contributed by atoms with Gasteiger partial charge in [-0.25, -0.2) is 8.42 Å². The van der Waals surface area contributed by atoms with Crippen molar-refractivity contribution in [3.8, 4) is 5.75 Å². The van der Waals surface area contributed by atoms with E-state index in [9.17, 15) is 8.42 Å². The molecule has 0 saturated carbocycles. The molecule has 18 heavy (non-hydrogen) atoms. The third kappa shape index (κ3) is 1.85. The van der Waals surface area contributed by atoms with Gasteiger partial charge in [-0.2, -0.15) is 0 Å². The van der Waals surface area contributed by atoms with Gasteiger partial charge in [-0.3, -0.25) is 0 Å². The van der Waals surface area contributed by atoms with Gasteiger partial charge in [0.05, 0.1) is 9.77 Å². The lowest BCUT2D eigenvalue weighted by Crippen LogP contribution is -1.99. The van der Waals surface area contributed by atoms with Gasteiger partial charge in [-0.05, 0) is 24.3 Å². The molecule has 0 radical (unpaired) electrons. The van der Waals surface area contributed by atoms with Crippen molar-refractivity contribution in [2.24, 2.45) is 0 Å². The van der Waals surface area contributed by atoms with Crippen LogP contribution in [0.4, 0.5) is 0 Å². The number of benzene rings is 1. The Labute approximate surface area is 109 Å². The summed E-state index contributed by atoms with van der Waals surface area (Å²) in [5.74, 6) is 0.650. The van der Waals surface area contributed by atoms with E-state index in [1.54, 1.807) is 36.4 Å². The Hall–Kier alpha value is -1.59. The summed E-state index contributed by atoms with van der Waals surface area (Å²) >= 11 is 1.24. The van der Waals surface area contributed by atoms with E-state index in [1.807, 2.05) is 12.2 Å². The van der Waals surface area contributed by atoms with Crippen molar-refractivity contribution in [1.82, 2.24) is 0 Å². The van der Waals surface area contributed by atoms with Crippen LogP contribution in [0.2, 0.25) is 0 Å². The lowest BCUT2D eigenvalue weighted by atomic mass is 10.3. The predicted molar refractivity (Wildman–Crippen MR) is 70.7 cm³/mol. The van der Waals surface area contributed by atoms with Gasteiger partial charge < -0.3 is 4.74 Å². The first-order valence-electron chi connectivity index (χ1n) is 5.41. The number of hydrogen-bond donors (Lipinski definition) is 0. The molecule has 3 nitrogen and oxygen atoms in total. The van der Waals surface area contributed by atoms with Gasteiger partial charge in [-0.1, -0.05) is 18.2 Å². The van der Waals surface area contributed by atoms with Crippen LogP contribution in [0, 0.1) is 0 Å². The molecule has 2 heterocycles. The average Bonchev–Trinajstić information content (AvgIpc) is 2.84. The lowest BCUT2D eigenvalue weighted by molar-refractivity contribution is 0.360. The summed E-state index contributed by atoms with van der Waals surface area (Å²) in [7, 11) is -3.43. The Bertz CT molecular complexity index is 697. The fraction of sp³-hybridized carbons (Fsp3) is 0.0769. The molecule has 0 saturated heterocycles. The van der Waals surface area contributed by atoms with Gasteiger partial charge in [0.1, 0.15) is 16.6 Å². The molecular weight excluding hydrogens is 268 g/mol. The molecule has 0 fully saturated rings. The molecular formula is C13H10O3S2. The normalized spacial score (nSPS) is 14.0. The summed E-state index contributed by atoms with van der Waals surface area (Å²) in [6, 6.07) is 10.0. The van der Waals surface area contributed by atoms with E-state index >= 15 is 0 Å². The minimum atomic E-state index is -3.43. The second kappa shape index (κ2) is 4.26. The van der Waals surface area contributed by atoms with Crippen molar-refractivity contribution < 1.29 is 13.2 Å². The van der Waals surface area contributed by atoms with E-state index in [-0.39, 0.29) is 0 Å². The summed E-state index contributed by atoms with van der Waals surface area (Å²) < 4.78 is 30.5. The Morgan fingerprint density at radius 1 is 1.17 bits per heavy atom. The molecule has 0 amide bonds. The molecule has 0 bridgehead atoms. The highest BCUT2D eigenvalue weighted by Gasteiger charge is 2.23. The molecule has 0 N–H and O–H groups in total. The standard InChI is InChI=1S/C13H10O3S2/c14-18(15,10-5-2-1-3-6-10)13-9-11-12(17-13)7-4-8-16-11/h1-7,9H,8H2. The van der Waals surface area contributed by atoms with Crippen LogP contribution >= 0.6 is 11.3 Å². The molecule has 2 aromatic rings. The van der Waals surface area contributed by atoms with Gasteiger partial charge in [0.2, 0.25) is 9.84 Å². The van der Waals surface area contributed by atoms with Crippen molar-refractivity contribution in [2.75, 3.05) is 6.61 Å². The zero-order chi connectivity index (χ0) is 12.6. The lowest BCUT2D eigenvalue weighted by Gasteiger charge is -2.05. The Morgan fingerprint density at radius 3 is 2.67 bits per heavy atom. The number of rotatable bonds is 2. The van der Waals surface area contributed by atoms with Crippen LogP contribution in [0.1, 0.15) is 4.88 Å². The monoisotopic (exact) mass is 278 g/mol. The fourth-order valence-corrected chi connectivity index (χ4v) is 4.51. The molecule has 3 rings (SSSR count). The van der Waals surface area contributed by atoms with E-state index in [2.05, 4.69) is 0 Å². The summed E-state index contributed by atoms with van der Waals surface area (Å²) in [5.41, 5.74) is 0. The third-order valence-electron chi connectivity index (χ3n) is 2.62. The first-order valence-corrected chi connectivity index (χ1v) is 7.71. The second-order valence-electron chi connectivity index (χ2n) is 3.82. The van der Waals surface area contributed by atoms with Crippen molar-refractivity contribution in [3.63, 3.8) is 0 Å². The summed E-state index contributed by atoms with van der Waals surface area (Å²) in [6.45, 7) is 0.495. The quantitative estimate of drug-likeness (QED) is 0.848. The zero-order valence-corrected chi connectivity index (χ0v) is 11.0. The van der Waals surface area contributed by atoms with Gasteiger partial charge in [0.15, 0.2) is 0 Å². The van der Waals surface area contributed by atoms with Gasteiger partial charge >= 0.3 is 0 Å². The summed E-state index contributed by atoms with van der Waals surface area (Å²) in [5, 5.41) is 0. The van der Waals surface area contributed by atoms with E-state index < -0.39 is 9.84 Å². The maximum absolute atomic E-state index is 12.4. The minimum absolute atomic E-state index is 0.313. The molecule has 92 valence electrons. The number of ether oxygens (including phenoxy) is 1. The largest absolute Gasteiger partial charge is 0.488 e. The van der Waals surface area contributed by atoms with Gasteiger partial charge in [-0.15, -0.1) is 11.3 Å². The molecule has 0 atom stereocenters. The predicted octanol–water partition coefficient (Wildman–Crippen LogP) is 2.99. The first-order chi connectivity index (χ1) is 8.68. The Kier molecular flexibility index (Phi) is 2.72. The third-order valence-corrected chi connectivity index (χ3v) is 5.95. The molecule has 5 heteroatoms. The van der Waals surface area contributed by atoms with Crippen LogP contribution in [0.3, 0.4) is 0 Å².